The monoisotopic (exact) mass is 475 g/mol. The number of hydrogen-bond acceptors (Lipinski definition) is 5. The van der Waals surface area contributed by atoms with Gasteiger partial charge in [-0.2, -0.15) is 0 Å². The Bertz CT molecular complexity index is 951. The number of rotatable bonds is 8. The second kappa shape index (κ2) is 11.7. The van der Waals surface area contributed by atoms with Crippen LogP contribution in [-0.2, 0) is 17.8 Å². The predicted molar refractivity (Wildman–Crippen MR) is 126 cm³/mol. The quantitative estimate of drug-likeness (QED) is 0.633. The first-order valence-electron chi connectivity index (χ1n) is 10.9. The van der Waals surface area contributed by atoms with Gasteiger partial charge in [-0.3, -0.25) is 4.79 Å². The summed E-state index contributed by atoms with van der Waals surface area (Å²) in [4.78, 5) is 28.8. The molecule has 9 heteroatoms. The van der Waals surface area contributed by atoms with E-state index in [9.17, 15) is 9.59 Å². The van der Waals surface area contributed by atoms with E-state index in [2.05, 4.69) is 5.32 Å². The number of ether oxygens (including phenoxy) is 3. The van der Waals surface area contributed by atoms with Gasteiger partial charge in [0.2, 0.25) is 11.7 Å². The average Bonchev–Trinajstić information content (AvgIpc) is 2.84. The molecule has 178 valence electrons. The van der Waals surface area contributed by atoms with Crippen LogP contribution in [0.15, 0.2) is 36.4 Å². The van der Waals surface area contributed by atoms with Crippen molar-refractivity contribution in [3.63, 3.8) is 0 Å². The van der Waals surface area contributed by atoms with Gasteiger partial charge in [0.05, 0.1) is 27.2 Å². The highest BCUT2D eigenvalue weighted by atomic mass is 35.5. The molecule has 1 heterocycles. The lowest BCUT2D eigenvalue weighted by Crippen LogP contribution is -2.53. The van der Waals surface area contributed by atoms with Gasteiger partial charge in [-0.25, -0.2) is 4.79 Å². The fourth-order valence-electron chi connectivity index (χ4n) is 3.69. The van der Waals surface area contributed by atoms with E-state index >= 15 is 0 Å². The molecule has 0 spiro atoms. The van der Waals surface area contributed by atoms with Gasteiger partial charge in [-0.05, 0) is 36.2 Å². The third-order valence-corrected chi connectivity index (χ3v) is 5.84. The fourth-order valence-corrected chi connectivity index (χ4v) is 3.89. The van der Waals surface area contributed by atoms with Crippen molar-refractivity contribution in [3.8, 4) is 17.2 Å². The molecule has 2 aromatic carbocycles. The smallest absolute Gasteiger partial charge is 0.317 e. The average molecular weight is 476 g/mol. The first kappa shape index (κ1) is 24.5. The molecule has 0 bridgehead atoms. The summed E-state index contributed by atoms with van der Waals surface area (Å²) >= 11 is 6.17. The zero-order valence-electron chi connectivity index (χ0n) is 19.2. The molecule has 0 saturated carbocycles. The summed E-state index contributed by atoms with van der Waals surface area (Å²) in [6.07, 6.45) is 0.257. The molecule has 1 fully saturated rings. The van der Waals surface area contributed by atoms with Gasteiger partial charge in [-0.15, -0.1) is 0 Å². The molecule has 0 aliphatic carbocycles. The van der Waals surface area contributed by atoms with Crippen molar-refractivity contribution < 1.29 is 23.8 Å². The van der Waals surface area contributed by atoms with Crippen molar-refractivity contribution in [2.45, 2.75) is 19.9 Å². The molecule has 33 heavy (non-hydrogen) atoms. The molecule has 0 radical (unpaired) electrons. The normalized spacial score (nSPS) is 13.5. The van der Waals surface area contributed by atoms with Gasteiger partial charge in [0.1, 0.15) is 0 Å². The van der Waals surface area contributed by atoms with Crippen molar-refractivity contribution >= 4 is 23.5 Å². The zero-order valence-corrected chi connectivity index (χ0v) is 20.0. The molecule has 3 amide bonds. The Morgan fingerprint density at radius 1 is 1.00 bits per heavy atom. The Hall–Kier alpha value is -3.13. The Morgan fingerprint density at radius 2 is 1.61 bits per heavy atom. The molecule has 0 unspecified atom stereocenters. The number of hydrogen-bond donors (Lipinski definition) is 1. The lowest BCUT2D eigenvalue weighted by atomic mass is 10.1. The minimum Gasteiger partial charge on any atom is -0.493 e. The third-order valence-electron chi connectivity index (χ3n) is 5.47. The van der Waals surface area contributed by atoms with E-state index in [4.69, 9.17) is 25.8 Å². The van der Waals surface area contributed by atoms with Crippen molar-refractivity contribution in [3.05, 3.63) is 52.5 Å². The van der Waals surface area contributed by atoms with Gasteiger partial charge in [0.15, 0.2) is 11.5 Å². The first-order valence-corrected chi connectivity index (χ1v) is 11.3. The number of carbonyl (C=O) groups is 2. The number of amides is 3. The minimum atomic E-state index is -0.181. The van der Waals surface area contributed by atoms with E-state index in [1.54, 1.807) is 30.1 Å². The zero-order chi connectivity index (χ0) is 23.8. The highest BCUT2D eigenvalue weighted by Gasteiger charge is 2.24. The molecule has 8 nitrogen and oxygen atoms in total. The van der Waals surface area contributed by atoms with Crippen LogP contribution < -0.4 is 19.5 Å². The van der Waals surface area contributed by atoms with E-state index in [-0.39, 0.29) is 18.4 Å². The van der Waals surface area contributed by atoms with Gasteiger partial charge in [0, 0.05) is 37.7 Å². The largest absolute Gasteiger partial charge is 0.493 e. The highest BCUT2D eigenvalue weighted by Crippen LogP contribution is 2.38. The summed E-state index contributed by atoms with van der Waals surface area (Å²) in [6.45, 7) is 4.59. The molecule has 1 saturated heterocycles. The van der Waals surface area contributed by atoms with Crippen LogP contribution >= 0.6 is 11.6 Å². The van der Waals surface area contributed by atoms with Crippen LogP contribution in [0.3, 0.4) is 0 Å². The van der Waals surface area contributed by atoms with Gasteiger partial charge in [-0.1, -0.05) is 29.8 Å². The number of piperazine rings is 1. The predicted octanol–water partition coefficient (Wildman–Crippen LogP) is 3.35. The fraction of sp³-hybridized carbons (Fsp3) is 0.417. The second-order valence-electron chi connectivity index (χ2n) is 7.56. The summed E-state index contributed by atoms with van der Waals surface area (Å²) in [5.74, 6) is 1.64. The van der Waals surface area contributed by atoms with Gasteiger partial charge in [0.25, 0.3) is 0 Å². The Labute approximate surface area is 199 Å². The summed E-state index contributed by atoms with van der Waals surface area (Å²) in [6, 6.07) is 10.8. The summed E-state index contributed by atoms with van der Waals surface area (Å²) in [7, 11) is 3.12. The molecule has 0 atom stereocenters. The SMILES string of the molecule is CCOc1c(OC)cc(CNC(=O)N2CCN(C(=O)Cc3ccccc3Cl)CC2)cc1OC. The molecule has 1 N–H and O–H groups in total. The summed E-state index contributed by atoms with van der Waals surface area (Å²) in [5, 5.41) is 3.52. The Balaban J connectivity index is 1.52. The lowest BCUT2D eigenvalue weighted by molar-refractivity contribution is -0.131. The van der Waals surface area contributed by atoms with Crippen molar-refractivity contribution in [2.24, 2.45) is 0 Å². The van der Waals surface area contributed by atoms with Gasteiger partial charge >= 0.3 is 6.03 Å². The molecule has 1 aliphatic heterocycles. The van der Waals surface area contributed by atoms with Crippen LogP contribution in [0.2, 0.25) is 5.02 Å². The molecule has 2 aromatic rings. The van der Waals surface area contributed by atoms with Gasteiger partial charge < -0.3 is 29.3 Å². The minimum absolute atomic E-state index is 0.0109. The molecular formula is C24H30ClN3O5. The van der Waals surface area contributed by atoms with Crippen molar-refractivity contribution in [1.82, 2.24) is 15.1 Å². The Kier molecular flexibility index (Phi) is 8.65. The molecule has 1 aliphatic rings. The van der Waals surface area contributed by atoms with E-state index in [1.165, 1.54) is 0 Å². The van der Waals surface area contributed by atoms with Crippen molar-refractivity contribution in [2.75, 3.05) is 47.0 Å². The van der Waals surface area contributed by atoms with Crippen LogP contribution in [0.5, 0.6) is 17.2 Å². The summed E-state index contributed by atoms with van der Waals surface area (Å²) in [5.41, 5.74) is 1.64. The first-order chi connectivity index (χ1) is 16.0. The maximum absolute atomic E-state index is 12.7. The second-order valence-corrected chi connectivity index (χ2v) is 7.96. The Morgan fingerprint density at radius 3 is 2.18 bits per heavy atom. The van der Waals surface area contributed by atoms with Crippen LogP contribution in [0, 0.1) is 0 Å². The number of halogens is 1. The summed E-state index contributed by atoms with van der Waals surface area (Å²) < 4.78 is 16.4. The van der Waals surface area contributed by atoms with Crippen molar-refractivity contribution in [1.29, 1.82) is 0 Å². The standard InChI is InChI=1S/C24H30ClN3O5/c1-4-33-23-20(31-2)13-17(14-21(23)32-3)16-26-24(30)28-11-9-27(10-12-28)22(29)15-18-7-5-6-8-19(18)25/h5-8,13-14H,4,9-12,15-16H2,1-3H3,(H,26,30). The molecular weight excluding hydrogens is 446 g/mol. The topological polar surface area (TPSA) is 80.3 Å². The third kappa shape index (κ3) is 6.22. The number of benzene rings is 2. The number of nitrogens with zero attached hydrogens (tertiary/aromatic N) is 2. The van der Waals surface area contributed by atoms with E-state index in [0.29, 0.717) is 61.6 Å². The maximum atomic E-state index is 12.7. The van der Waals surface area contributed by atoms with Crippen LogP contribution in [-0.4, -0.2) is 68.7 Å². The lowest BCUT2D eigenvalue weighted by Gasteiger charge is -2.35. The van der Waals surface area contributed by atoms with E-state index in [0.717, 1.165) is 11.1 Å². The number of methoxy groups -OCH3 is 2. The van der Waals surface area contributed by atoms with E-state index < -0.39 is 0 Å². The van der Waals surface area contributed by atoms with Crippen LogP contribution in [0.4, 0.5) is 4.79 Å². The highest BCUT2D eigenvalue weighted by molar-refractivity contribution is 6.31. The van der Waals surface area contributed by atoms with Crippen LogP contribution in [0.1, 0.15) is 18.1 Å². The number of nitrogens with one attached hydrogen (secondary N) is 1. The van der Waals surface area contributed by atoms with E-state index in [1.807, 2.05) is 37.3 Å². The van der Waals surface area contributed by atoms with Crippen LogP contribution in [0.25, 0.3) is 0 Å². The molecule has 3 rings (SSSR count). The molecule has 0 aromatic heterocycles. The number of urea groups is 1. The maximum Gasteiger partial charge on any atom is 0.317 e. The number of carbonyl (C=O) groups excluding carboxylic acids is 2.